The van der Waals surface area contributed by atoms with E-state index in [4.69, 9.17) is 4.74 Å². The topological polar surface area (TPSA) is 21.3 Å². The van der Waals surface area contributed by atoms with Gasteiger partial charge in [0.1, 0.15) is 0 Å². The zero-order valence-corrected chi connectivity index (χ0v) is 6.52. The first-order valence-corrected chi connectivity index (χ1v) is 3.31. The molecule has 0 amide bonds. The highest BCUT2D eigenvalue weighted by molar-refractivity contribution is 4.96. The van der Waals surface area contributed by atoms with Crippen LogP contribution in [0.2, 0.25) is 0 Å². The second-order valence-electron chi connectivity index (χ2n) is 2.08. The molecule has 0 radical (unpaired) electrons. The molecule has 1 N–H and O–H groups in total. The zero-order valence-electron chi connectivity index (χ0n) is 6.52. The third-order valence-electron chi connectivity index (χ3n) is 0.969. The lowest BCUT2D eigenvalue weighted by atomic mass is 10.3. The second-order valence-corrected chi connectivity index (χ2v) is 2.08. The summed E-state index contributed by atoms with van der Waals surface area (Å²) < 4.78 is 5.14. The van der Waals surface area contributed by atoms with Gasteiger partial charge in [0.2, 0.25) is 0 Å². The van der Waals surface area contributed by atoms with Gasteiger partial charge in [-0.05, 0) is 12.6 Å². The van der Waals surface area contributed by atoms with Gasteiger partial charge in [0.05, 0.1) is 13.2 Å². The molecule has 0 heterocycles. The Morgan fingerprint density at radius 3 is 2.90 bits per heavy atom. The van der Waals surface area contributed by atoms with E-state index in [1.54, 1.807) is 6.08 Å². The van der Waals surface area contributed by atoms with Gasteiger partial charge in [-0.1, -0.05) is 12.7 Å². The van der Waals surface area contributed by atoms with Crippen LogP contribution in [0.25, 0.3) is 0 Å². The third-order valence-corrected chi connectivity index (χ3v) is 0.969. The first kappa shape index (κ1) is 9.40. The zero-order chi connectivity index (χ0) is 7.82. The highest BCUT2D eigenvalue weighted by atomic mass is 16.5. The molecule has 0 bridgehead atoms. The van der Waals surface area contributed by atoms with Gasteiger partial charge in [-0.25, -0.2) is 0 Å². The lowest BCUT2D eigenvalue weighted by Crippen LogP contribution is -2.13. The summed E-state index contributed by atoms with van der Waals surface area (Å²) in [5.41, 5.74) is 1.06. The fraction of sp³-hybridized carbons (Fsp3) is 0.500. The Morgan fingerprint density at radius 1 is 1.70 bits per heavy atom. The minimum absolute atomic E-state index is 0.600. The van der Waals surface area contributed by atoms with Crippen LogP contribution < -0.4 is 5.32 Å². The summed E-state index contributed by atoms with van der Waals surface area (Å²) in [5, 5.41) is 2.99. The Bertz CT molecular complexity index is 110. The van der Waals surface area contributed by atoms with Gasteiger partial charge in [0, 0.05) is 6.54 Å². The first-order chi connectivity index (χ1) is 4.81. The van der Waals surface area contributed by atoms with Crippen LogP contribution in [0.15, 0.2) is 24.8 Å². The molecule has 0 aromatic rings. The van der Waals surface area contributed by atoms with Gasteiger partial charge in [-0.2, -0.15) is 0 Å². The molecular formula is C8H15NO. The van der Waals surface area contributed by atoms with Gasteiger partial charge in [-0.3, -0.25) is 0 Å². The van der Waals surface area contributed by atoms with Crippen LogP contribution in [-0.4, -0.2) is 26.8 Å². The summed E-state index contributed by atoms with van der Waals surface area (Å²) in [6.07, 6.45) is 1.73. The van der Waals surface area contributed by atoms with E-state index < -0.39 is 0 Å². The SMILES string of the molecule is C=CCOCC(=C)CNC. The molecule has 0 rings (SSSR count). The Kier molecular flexibility index (Phi) is 6.13. The lowest BCUT2D eigenvalue weighted by Gasteiger charge is -2.03. The predicted molar refractivity (Wildman–Crippen MR) is 44.1 cm³/mol. The molecule has 0 aliphatic carbocycles. The van der Waals surface area contributed by atoms with E-state index >= 15 is 0 Å². The van der Waals surface area contributed by atoms with Gasteiger partial charge in [-0.15, -0.1) is 6.58 Å². The molecule has 0 fully saturated rings. The van der Waals surface area contributed by atoms with Crippen LogP contribution in [0.5, 0.6) is 0 Å². The standard InChI is InChI=1S/C8H15NO/c1-4-5-10-7-8(2)6-9-3/h4,9H,1-2,5-7H2,3H3. The van der Waals surface area contributed by atoms with E-state index in [0.29, 0.717) is 13.2 Å². The minimum Gasteiger partial charge on any atom is -0.373 e. The van der Waals surface area contributed by atoms with E-state index in [-0.39, 0.29) is 0 Å². The van der Waals surface area contributed by atoms with Crippen LogP contribution >= 0.6 is 0 Å². The minimum atomic E-state index is 0.600. The average molecular weight is 141 g/mol. The number of ether oxygens (including phenoxy) is 1. The summed E-state index contributed by atoms with van der Waals surface area (Å²) >= 11 is 0. The summed E-state index contributed by atoms with van der Waals surface area (Å²) in [5.74, 6) is 0. The van der Waals surface area contributed by atoms with E-state index in [1.807, 2.05) is 7.05 Å². The molecule has 0 atom stereocenters. The molecule has 0 aromatic carbocycles. The van der Waals surface area contributed by atoms with Crippen molar-refractivity contribution >= 4 is 0 Å². The van der Waals surface area contributed by atoms with Crippen molar-refractivity contribution in [1.82, 2.24) is 5.32 Å². The van der Waals surface area contributed by atoms with E-state index in [9.17, 15) is 0 Å². The van der Waals surface area contributed by atoms with Crippen molar-refractivity contribution < 1.29 is 4.74 Å². The van der Waals surface area contributed by atoms with Crippen LogP contribution in [-0.2, 0) is 4.74 Å². The molecule has 0 aliphatic heterocycles. The molecule has 0 aromatic heterocycles. The van der Waals surface area contributed by atoms with Crippen molar-refractivity contribution in [3.8, 4) is 0 Å². The van der Waals surface area contributed by atoms with Crippen molar-refractivity contribution in [1.29, 1.82) is 0 Å². The molecule has 0 saturated heterocycles. The molecule has 2 nitrogen and oxygen atoms in total. The summed E-state index contributed by atoms with van der Waals surface area (Å²) in [4.78, 5) is 0. The summed E-state index contributed by atoms with van der Waals surface area (Å²) in [7, 11) is 1.89. The summed E-state index contributed by atoms with van der Waals surface area (Å²) in [6.45, 7) is 9.36. The molecule has 0 aliphatic rings. The summed E-state index contributed by atoms with van der Waals surface area (Å²) in [6, 6.07) is 0. The lowest BCUT2D eigenvalue weighted by molar-refractivity contribution is 0.186. The smallest absolute Gasteiger partial charge is 0.0690 e. The predicted octanol–water partition coefficient (Wildman–Crippen LogP) is 0.965. The Morgan fingerprint density at radius 2 is 2.40 bits per heavy atom. The van der Waals surface area contributed by atoms with Crippen LogP contribution in [0.1, 0.15) is 0 Å². The van der Waals surface area contributed by atoms with Gasteiger partial charge in [0.15, 0.2) is 0 Å². The number of hydrogen-bond acceptors (Lipinski definition) is 2. The van der Waals surface area contributed by atoms with Gasteiger partial charge >= 0.3 is 0 Å². The van der Waals surface area contributed by atoms with Crippen LogP contribution in [0, 0.1) is 0 Å². The Labute approximate surface area is 62.6 Å². The molecule has 58 valence electrons. The van der Waals surface area contributed by atoms with Crippen molar-refractivity contribution in [2.45, 2.75) is 0 Å². The maximum Gasteiger partial charge on any atom is 0.0690 e. The highest BCUT2D eigenvalue weighted by Crippen LogP contribution is 1.88. The fourth-order valence-corrected chi connectivity index (χ4v) is 0.588. The van der Waals surface area contributed by atoms with Crippen molar-refractivity contribution in [3.05, 3.63) is 24.8 Å². The maximum atomic E-state index is 5.14. The van der Waals surface area contributed by atoms with Crippen LogP contribution in [0.4, 0.5) is 0 Å². The number of rotatable bonds is 6. The molecule has 0 unspecified atom stereocenters. The van der Waals surface area contributed by atoms with E-state index in [2.05, 4.69) is 18.5 Å². The van der Waals surface area contributed by atoms with E-state index in [1.165, 1.54) is 0 Å². The Hall–Kier alpha value is -0.600. The van der Waals surface area contributed by atoms with Crippen LogP contribution in [0.3, 0.4) is 0 Å². The molecule has 2 heteroatoms. The number of hydrogen-bond donors (Lipinski definition) is 1. The maximum absolute atomic E-state index is 5.14. The van der Waals surface area contributed by atoms with Gasteiger partial charge in [0.25, 0.3) is 0 Å². The number of likely N-dealkylation sites (N-methyl/N-ethyl adjacent to an activating group) is 1. The highest BCUT2D eigenvalue weighted by Gasteiger charge is 1.89. The Balaban J connectivity index is 3.13. The molecule has 0 saturated carbocycles. The third kappa shape index (κ3) is 5.54. The second kappa shape index (κ2) is 6.52. The quantitative estimate of drug-likeness (QED) is 0.439. The van der Waals surface area contributed by atoms with E-state index in [0.717, 1.165) is 12.1 Å². The molecular weight excluding hydrogens is 126 g/mol. The van der Waals surface area contributed by atoms with Gasteiger partial charge < -0.3 is 10.1 Å². The van der Waals surface area contributed by atoms with Crippen molar-refractivity contribution in [2.24, 2.45) is 0 Å². The fourth-order valence-electron chi connectivity index (χ4n) is 0.588. The largest absolute Gasteiger partial charge is 0.373 e. The first-order valence-electron chi connectivity index (χ1n) is 3.31. The normalized spacial score (nSPS) is 9.30. The molecule has 10 heavy (non-hydrogen) atoms. The van der Waals surface area contributed by atoms with Crippen molar-refractivity contribution in [2.75, 3.05) is 26.8 Å². The molecule has 0 spiro atoms. The van der Waals surface area contributed by atoms with Crippen molar-refractivity contribution in [3.63, 3.8) is 0 Å². The average Bonchev–Trinajstić information content (AvgIpc) is 1.89. The number of nitrogens with one attached hydrogen (secondary N) is 1. The monoisotopic (exact) mass is 141 g/mol.